The summed E-state index contributed by atoms with van der Waals surface area (Å²) in [6, 6.07) is 3.76. The van der Waals surface area contributed by atoms with E-state index in [1.807, 2.05) is 6.92 Å². The third kappa shape index (κ3) is 7.74. The Morgan fingerprint density at radius 1 is 1.23 bits per heavy atom. The number of benzene rings is 1. The van der Waals surface area contributed by atoms with Crippen LogP contribution in [0.2, 0.25) is 5.02 Å². The van der Waals surface area contributed by atoms with Gasteiger partial charge in [-0.05, 0) is 31.5 Å². The molecule has 0 aromatic heterocycles. The molecule has 0 aliphatic rings. The molecule has 8 heteroatoms. The van der Waals surface area contributed by atoms with Crippen LogP contribution in [0.3, 0.4) is 0 Å². The number of carbonyl (C=O) groups excluding carboxylic acids is 2. The smallest absolute Gasteiger partial charge is 0.340 e. The van der Waals surface area contributed by atoms with Crippen LogP contribution in [0.15, 0.2) is 23.1 Å². The molecular weight excluding hydrogens is 378 g/mol. The first-order valence-corrected chi connectivity index (χ1v) is 10.9. The van der Waals surface area contributed by atoms with Gasteiger partial charge in [0, 0.05) is 12.3 Å². The van der Waals surface area contributed by atoms with Crippen LogP contribution in [-0.4, -0.2) is 39.2 Å². The van der Waals surface area contributed by atoms with E-state index in [1.54, 1.807) is 0 Å². The molecule has 146 valence electrons. The molecule has 0 saturated heterocycles. The van der Waals surface area contributed by atoms with E-state index >= 15 is 0 Å². The third-order valence-corrected chi connectivity index (χ3v) is 5.26. The number of ether oxygens (including phenoxy) is 1. The van der Waals surface area contributed by atoms with Crippen molar-refractivity contribution >= 4 is 33.3 Å². The van der Waals surface area contributed by atoms with Crippen molar-refractivity contribution in [1.82, 2.24) is 5.32 Å². The normalized spacial score (nSPS) is 12.5. The summed E-state index contributed by atoms with van der Waals surface area (Å²) in [6.07, 6.45) is 6.37. The van der Waals surface area contributed by atoms with E-state index in [0.717, 1.165) is 38.0 Å². The molecule has 26 heavy (non-hydrogen) atoms. The summed E-state index contributed by atoms with van der Waals surface area (Å²) in [5.74, 6) is -1.25. The monoisotopic (exact) mass is 403 g/mol. The second-order valence-electron chi connectivity index (χ2n) is 6.31. The lowest BCUT2D eigenvalue weighted by molar-refractivity contribution is -0.124. The van der Waals surface area contributed by atoms with Crippen LogP contribution in [0, 0.1) is 0 Å². The van der Waals surface area contributed by atoms with E-state index in [0.29, 0.717) is 0 Å². The molecule has 0 unspecified atom stereocenters. The van der Waals surface area contributed by atoms with Gasteiger partial charge in [0.25, 0.3) is 5.91 Å². The molecular formula is C18H26ClNO5S. The van der Waals surface area contributed by atoms with E-state index in [9.17, 15) is 18.0 Å². The summed E-state index contributed by atoms with van der Waals surface area (Å²) in [6.45, 7) is 3.59. The number of hydrogen-bond donors (Lipinski definition) is 1. The van der Waals surface area contributed by atoms with Crippen molar-refractivity contribution in [2.75, 3.05) is 12.9 Å². The van der Waals surface area contributed by atoms with Gasteiger partial charge in [0.15, 0.2) is 16.4 Å². The Hall–Kier alpha value is -1.60. The summed E-state index contributed by atoms with van der Waals surface area (Å²) >= 11 is 5.93. The molecule has 0 saturated carbocycles. The molecule has 0 radical (unpaired) electrons. The molecule has 0 aliphatic heterocycles. The minimum absolute atomic E-state index is 0.00444. The Labute approximate surface area is 160 Å². The van der Waals surface area contributed by atoms with E-state index in [-0.39, 0.29) is 21.5 Å². The lowest BCUT2D eigenvalue weighted by Gasteiger charge is -2.14. The number of sulfone groups is 1. The highest BCUT2D eigenvalue weighted by Crippen LogP contribution is 2.21. The number of nitrogens with one attached hydrogen (secondary N) is 1. The Bertz CT molecular complexity index is 733. The highest BCUT2D eigenvalue weighted by atomic mass is 35.5. The fourth-order valence-corrected chi connectivity index (χ4v) is 3.21. The third-order valence-electron chi connectivity index (χ3n) is 3.82. The van der Waals surface area contributed by atoms with Crippen molar-refractivity contribution in [3.63, 3.8) is 0 Å². The molecule has 0 fully saturated rings. The van der Waals surface area contributed by atoms with Crippen LogP contribution < -0.4 is 5.32 Å². The van der Waals surface area contributed by atoms with Gasteiger partial charge in [-0.25, -0.2) is 13.2 Å². The maximum absolute atomic E-state index is 12.1. The van der Waals surface area contributed by atoms with Crippen molar-refractivity contribution in [3.8, 4) is 0 Å². The van der Waals surface area contributed by atoms with Crippen molar-refractivity contribution in [1.29, 1.82) is 0 Å². The Kier molecular flexibility index (Phi) is 9.08. The molecule has 1 amide bonds. The second kappa shape index (κ2) is 10.5. The zero-order chi connectivity index (χ0) is 19.7. The predicted molar refractivity (Wildman–Crippen MR) is 101 cm³/mol. The topological polar surface area (TPSA) is 89.5 Å². The molecule has 1 rings (SSSR count). The largest absolute Gasteiger partial charge is 0.452 e. The molecule has 0 heterocycles. The van der Waals surface area contributed by atoms with Crippen molar-refractivity contribution in [3.05, 3.63) is 28.8 Å². The number of halogens is 1. The first-order chi connectivity index (χ1) is 12.1. The Morgan fingerprint density at radius 2 is 1.92 bits per heavy atom. The number of hydrogen-bond acceptors (Lipinski definition) is 5. The molecule has 6 nitrogen and oxygen atoms in total. The van der Waals surface area contributed by atoms with Crippen LogP contribution in [0.1, 0.15) is 56.3 Å². The number of carbonyl (C=O) groups is 2. The van der Waals surface area contributed by atoms with E-state index in [1.165, 1.54) is 18.6 Å². The van der Waals surface area contributed by atoms with Gasteiger partial charge in [-0.2, -0.15) is 0 Å². The average Bonchev–Trinajstić information content (AvgIpc) is 2.56. The van der Waals surface area contributed by atoms with Crippen LogP contribution in [-0.2, 0) is 19.4 Å². The van der Waals surface area contributed by atoms with Gasteiger partial charge in [0.1, 0.15) is 0 Å². The van der Waals surface area contributed by atoms with Gasteiger partial charge in [0.05, 0.1) is 15.5 Å². The van der Waals surface area contributed by atoms with Crippen LogP contribution in [0.4, 0.5) is 0 Å². The van der Waals surface area contributed by atoms with Crippen LogP contribution in [0.25, 0.3) is 0 Å². The van der Waals surface area contributed by atoms with Gasteiger partial charge in [-0.1, -0.05) is 44.2 Å². The quantitative estimate of drug-likeness (QED) is 0.477. The average molecular weight is 404 g/mol. The lowest BCUT2D eigenvalue weighted by Crippen LogP contribution is -2.35. The summed E-state index contributed by atoms with van der Waals surface area (Å²) in [4.78, 5) is 23.9. The maximum atomic E-state index is 12.1. The van der Waals surface area contributed by atoms with E-state index < -0.39 is 28.3 Å². The zero-order valence-electron chi connectivity index (χ0n) is 15.4. The molecule has 1 atom stereocenters. The number of esters is 1. The van der Waals surface area contributed by atoms with Crippen molar-refractivity contribution in [2.45, 2.75) is 56.9 Å². The minimum Gasteiger partial charge on any atom is -0.452 e. The number of unbranched alkanes of at least 4 members (excludes halogenated alkanes) is 3. The highest BCUT2D eigenvalue weighted by Gasteiger charge is 2.18. The standard InChI is InChI=1S/C18H26ClNO5S/c1-4-5-6-7-8-13(2)20-17(21)12-25-18(22)15-11-14(26(3,23)24)9-10-16(15)19/h9-11,13H,4-8,12H2,1-3H3,(H,20,21)/t13-/m0/s1. The minimum atomic E-state index is -3.48. The van der Waals surface area contributed by atoms with Crippen molar-refractivity contribution < 1.29 is 22.7 Å². The van der Waals surface area contributed by atoms with Gasteiger partial charge in [0.2, 0.25) is 0 Å². The molecule has 0 spiro atoms. The SMILES string of the molecule is CCCCCC[C@H](C)NC(=O)COC(=O)c1cc(S(C)(=O)=O)ccc1Cl. The summed E-state index contributed by atoms with van der Waals surface area (Å²) in [7, 11) is -3.48. The molecule has 1 N–H and O–H groups in total. The van der Waals surface area contributed by atoms with Gasteiger partial charge < -0.3 is 10.1 Å². The fraction of sp³-hybridized carbons (Fsp3) is 0.556. The van der Waals surface area contributed by atoms with Crippen LogP contribution in [0.5, 0.6) is 0 Å². The predicted octanol–water partition coefficient (Wildman–Crippen LogP) is 3.38. The Balaban J connectivity index is 2.55. The first-order valence-electron chi connectivity index (χ1n) is 8.61. The van der Waals surface area contributed by atoms with E-state index in [2.05, 4.69) is 12.2 Å². The van der Waals surface area contributed by atoms with Crippen molar-refractivity contribution in [2.24, 2.45) is 0 Å². The fourth-order valence-electron chi connectivity index (χ4n) is 2.37. The molecule has 1 aromatic rings. The first kappa shape index (κ1) is 22.4. The van der Waals surface area contributed by atoms with Gasteiger partial charge in [-0.3, -0.25) is 4.79 Å². The second-order valence-corrected chi connectivity index (χ2v) is 8.73. The summed E-state index contributed by atoms with van der Waals surface area (Å²) in [5.41, 5.74) is -0.0880. The summed E-state index contributed by atoms with van der Waals surface area (Å²) in [5, 5.41) is 2.83. The lowest BCUT2D eigenvalue weighted by atomic mass is 10.1. The van der Waals surface area contributed by atoms with Crippen LogP contribution >= 0.6 is 11.6 Å². The van der Waals surface area contributed by atoms with Gasteiger partial charge in [-0.15, -0.1) is 0 Å². The summed E-state index contributed by atoms with van der Waals surface area (Å²) < 4.78 is 28.1. The maximum Gasteiger partial charge on any atom is 0.340 e. The Morgan fingerprint density at radius 3 is 2.54 bits per heavy atom. The molecule has 0 aliphatic carbocycles. The van der Waals surface area contributed by atoms with Gasteiger partial charge >= 0.3 is 5.97 Å². The zero-order valence-corrected chi connectivity index (χ0v) is 17.0. The molecule has 1 aromatic carbocycles. The highest BCUT2D eigenvalue weighted by molar-refractivity contribution is 7.90. The van der Waals surface area contributed by atoms with E-state index in [4.69, 9.17) is 16.3 Å². The number of amides is 1. The molecule has 0 bridgehead atoms. The number of rotatable bonds is 10.